The fourth-order valence-electron chi connectivity index (χ4n) is 2.73. The van der Waals surface area contributed by atoms with Gasteiger partial charge in [-0.05, 0) is 17.5 Å². The summed E-state index contributed by atoms with van der Waals surface area (Å²) < 4.78 is 19.4. The van der Waals surface area contributed by atoms with Crippen molar-refractivity contribution in [1.29, 1.82) is 0 Å². The van der Waals surface area contributed by atoms with E-state index in [9.17, 15) is 4.39 Å². The standard InChI is InChI=1S/C15H18FNO/c16-15-6-5-12-3-1-2-4-13(12)14(15)11-17-7-9-18-10-8-17/h1-4H,5-11H2. The highest BCUT2D eigenvalue weighted by molar-refractivity contribution is 5.73. The maximum Gasteiger partial charge on any atom is 0.105 e. The van der Waals surface area contributed by atoms with Crippen LogP contribution in [0.3, 0.4) is 0 Å². The van der Waals surface area contributed by atoms with E-state index in [2.05, 4.69) is 11.0 Å². The fraction of sp³-hybridized carbons (Fsp3) is 0.467. The molecule has 0 amide bonds. The third kappa shape index (κ3) is 2.33. The van der Waals surface area contributed by atoms with Gasteiger partial charge >= 0.3 is 0 Å². The SMILES string of the molecule is FC1=C(CN2CCOCC2)c2ccccc2CC1. The van der Waals surface area contributed by atoms with Crippen molar-refractivity contribution in [3.8, 4) is 0 Å². The second-order valence-corrected chi connectivity index (χ2v) is 4.93. The average Bonchev–Trinajstić information content (AvgIpc) is 2.43. The highest BCUT2D eigenvalue weighted by Gasteiger charge is 2.21. The van der Waals surface area contributed by atoms with Crippen molar-refractivity contribution in [2.24, 2.45) is 0 Å². The number of halogens is 1. The summed E-state index contributed by atoms with van der Waals surface area (Å²) in [6.45, 7) is 4.04. The van der Waals surface area contributed by atoms with Gasteiger partial charge in [-0.25, -0.2) is 4.39 Å². The first-order valence-corrected chi connectivity index (χ1v) is 6.60. The van der Waals surface area contributed by atoms with Gasteiger partial charge in [-0.3, -0.25) is 4.90 Å². The zero-order valence-corrected chi connectivity index (χ0v) is 10.5. The summed E-state index contributed by atoms with van der Waals surface area (Å²) in [4.78, 5) is 2.28. The first-order chi connectivity index (χ1) is 8.84. The molecule has 1 aromatic carbocycles. The van der Waals surface area contributed by atoms with Crippen LogP contribution in [0.1, 0.15) is 17.5 Å². The van der Waals surface area contributed by atoms with E-state index in [0.717, 1.165) is 43.9 Å². The van der Waals surface area contributed by atoms with Gasteiger partial charge in [0.2, 0.25) is 0 Å². The van der Waals surface area contributed by atoms with E-state index < -0.39 is 0 Å². The summed E-state index contributed by atoms with van der Waals surface area (Å²) in [6.07, 6.45) is 1.38. The van der Waals surface area contributed by atoms with Gasteiger partial charge in [-0.15, -0.1) is 0 Å². The van der Waals surface area contributed by atoms with Gasteiger partial charge < -0.3 is 4.74 Å². The molecule has 3 heteroatoms. The zero-order valence-electron chi connectivity index (χ0n) is 10.5. The highest BCUT2D eigenvalue weighted by Crippen LogP contribution is 2.32. The minimum absolute atomic E-state index is 0.0696. The van der Waals surface area contributed by atoms with Gasteiger partial charge in [0.05, 0.1) is 13.2 Å². The molecule has 3 rings (SSSR count). The molecule has 1 saturated heterocycles. The fourth-order valence-corrected chi connectivity index (χ4v) is 2.73. The Morgan fingerprint density at radius 2 is 1.89 bits per heavy atom. The van der Waals surface area contributed by atoms with E-state index in [1.165, 1.54) is 5.56 Å². The van der Waals surface area contributed by atoms with Crippen LogP contribution in [0.5, 0.6) is 0 Å². The molecule has 1 heterocycles. The van der Waals surface area contributed by atoms with Crippen LogP contribution in [0.2, 0.25) is 0 Å². The summed E-state index contributed by atoms with van der Waals surface area (Å²) in [7, 11) is 0. The lowest BCUT2D eigenvalue weighted by molar-refractivity contribution is 0.0442. The molecule has 0 saturated carbocycles. The van der Waals surface area contributed by atoms with Crippen LogP contribution in [0.25, 0.3) is 5.57 Å². The summed E-state index contributed by atoms with van der Waals surface area (Å²) in [5.74, 6) is 0.0696. The molecule has 0 spiro atoms. The number of nitrogens with zero attached hydrogens (tertiary/aromatic N) is 1. The van der Waals surface area contributed by atoms with Gasteiger partial charge in [-0.1, -0.05) is 24.3 Å². The molecule has 2 nitrogen and oxygen atoms in total. The van der Waals surface area contributed by atoms with E-state index in [-0.39, 0.29) is 5.83 Å². The predicted octanol–water partition coefficient (Wildman–Crippen LogP) is 2.65. The van der Waals surface area contributed by atoms with E-state index in [1.54, 1.807) is 0 Å². The molecule has 96 valence electrons. The lowest BCUT2D eigenvalue weighted by atomic mass is 9.89. The van der Waals surface area contributed by atoms with Crippen molar-refractivity contribution in [2.45, 2.75) is 12.8 Å². The van der Waals surface area contributed by atoms with Crippen LogP contribution in [0.15, 0.2) is 30.1 Å². The van der Waals surface area contributed by atoms with Crippen molar-refractivity contribution in [2.75, 3.05) is 32.8 Å². The smallest absolute Gasteiger partial charge is 0.105 e. The third-order valence-corrected chi connectivity index (χ3v) is 3.77. The first kappa shape index (κ1) is 11.9. The largest absolute Gasteiger partial charge is 0.379 e. The molecule has 1 aromatic rings. The van der Waals surface area contributed by atoms with Crippen LogP contribution < -0.4 is 0 Å². The van der Waals surface area contributed by atoms with Crippen molar-refractivity contribution in [3.63, 3.8) is 0 Å². The van der Waals surface area contributed by atoms with E-state index in [4.69, 9.17) is 4.74 Å². The molecule has 0 bridgehead atoms. The molecule has 0 unspecified atom stereocenters. The Kier molecular flexibility index (Phi) is 3.43. The summed E-state index contributed by atoms with van der Waals surface area (Å²) in [5, 5.41) is 0. The maximum absolute atomic E-state index is 14.1. The second kappa shape index (κ2) is 5.21. The molecule has 0 atom stereocenters. The Bertz CT molecular complexity index is 463. The van der Waals surface area contributed by atoms with Gasteiger partial charge in [0.15, 0.2) is 0 Å². The van der Waals surface area contributed by atoms with Gasteiger partial charge in [0.1, 0.15) is 5.83 Å². The lowest BCUT2D eigenvalue weighted by Crippen LogP contribution is -2.37. The molecule has 1 aliphatic carbocycles. The Labute approximate surface area is 107 Å². The third-order valence-electron chi connectivity index (χ3n) is 3.77. The summed E-state index contributed by atoms with van der Waals surface area (Å²) >= 11 is 0. The predicted molar refractivity (Wildman–Crippen MR) is 70.1 cm³/mol. The monoisotopic (exact) mass is 247 g/mol. The van der Waals surface area contributed by atoms with Crippen molar-refractivity contribution >= 4 is 5.57 Å². The number of allylic oxidation sites excluding steroid dienone is 1. The van der Waals surface area contributed by atoms with Crippen LogP contribution >= 0.6 is 0 Å². The first-order valence-electron chi connectivity index (χ1n) is 6.60. The quantitative estimate of drug-likeness (QED) is 0.796. The number of ether oxygens (including phenoxy) is 1. The van der Waals surface area contributed by atoms with E-state index in [1.807, 2.05) is 18.2 Å². The molecule has 1 aliphatic heterocycles. The second-order valence-electron chi connectivity index (χ2n) is 4.93. The number of aryl methyl sites for hydroxylation is 1. The summed E-state index contributed by atoms with van der Waals surface area (Å²) in [5.41, 5.74) is 3.27. The van der Waals surface area contributed by atoms with Crippen LogP contribution in [0.4, 0.5) is 4.39 Å². The maximum atomic E-state index is 14.1. The molecule has 0 aromatic heterocycles. The van der Waals surface area contributed by atoms with Crippen LogP contribution in [-0.2, 0) is 11.2 Å². The number of fused-ring (bicyclic) bond motifs is 1. The minimum Gasteiger partial charge on any atom is -0.379 e. The highest BCUT2D eigenvalue weighted by atomic mass is 19.1. The number of benzene rings is 1. The summed E-state index contributed by atoms with van der Waals surface area (Å²) in [6, 6.07) is 8.19. The number of hydrogen-bond donors (Lipinski definition) is 0. The molecular weight excluding hydrogens is 229 g/mol. The topological polar surface area (TPSA) is 12.5 Å². The lowest BCUT2D eigenvalue weighted by Gasteiger charge is -2.29. The molecule has 0 radical (unpaired) electrons. The zero-order chi connectivity index (χ0) is 12.4. The van der Waals surface area contributed by atoms with E-state index >= 15 is 0 Å². The van der Waals surface area contributed by atoms with E-state index in [0.29, 0.717) is 13.0 Å². The van der Waals surface area contributed by atoms with Gasteiger partial charge in [0.25, 0.3) is 0 Å². The molecule has 2 aliphatic rings. The van der Waals surface area contributed by atoms with Crippen LogP contribution in [0, 0.1) is 0 Å². The van der Waals surface area contributed by atoms with Crippen molar-refractivity contribution < 1.29 is 9.13 Å². The van der Waals surface area contributed by atoms with Crippen molar-refractivity contribution in [1.82, 2.24) is 4.90 Å². The number of hydrogen-bond acceptors (Lipinski definition) is 2. The number of rotatable bonds is 2. The molecule has 1 fully saturated rings. The average molecular weight is 247 g/mol. The Morgan fingerprint density at radius 1 is 1.11 bits per heavy atom. The minimum atomic E-state index is 0.0696. The van der Waals surface area contributed by atoms with Gasteiger partial charge in [-0.2, -0.15) is 0 Å². The molecular formula is C15H18FNO. The molecule has 0 N–H and O–H groups in total. The van der Waals surface area contributed by atoms with Crippen LogP contribution in [-0.4, -0.2) is 37.7 Å². The Morgan fingerprint density at radius 3 is 2.72 bits per heavy atom. The molecule has 18 heavy (non-hydrogen) atoms. The normalized spacial score (nSPS) is 20.9. The van der Waals surface area contributed by atoms with Gasteiger partial charge in [0, 0.05) is 31.6 Å². The van der Waals surface area contributed by atoms with Crippen molar-refractivity contribution in [3.05, 3.63) is 41.2 Å². The number of morpholine rings is 1. The Hall–Kier alpha value is -1.19. The Balaban J connectivity index is 1.84.